The van der Waals surface area contributed by atoms with Gasteiger partial charge in [0.1, 0.15) is 0 Å². The van der Waals surface area contributed by atoms with Crippen LogP contribution in [0.5, 0.6) is 0 Å². The van der Waals surface area contributed by atoms with Gasteiger partial charge in [0.2, 0.25) is 0 Å². The molecule has 0 atom stereocenters. The van der Waals surface area contributed by atoms with E-state index in [-0.39, 0.29) is 11.8 Å². The number of hydrogen-bond donors (Lipinski definition) is 1. The molecular formula is C24H25ClN2O2. The van der Waals surface area contributed by atoms with Gasteiger partial charge in [-0.1, -0.05) is 55.8 Å². The van der Waals surface area contributed by atoms with Crippen LogP contribution >= 0.6 is 11.6 Å². The first-order chi connectivity index (χ1) is 13.9. The molecule has 0 aliphatic carbocycles. The number of likely N-dealkylation sites (tertiary alicyclic amines) is 1. The van der Waals surface area contributed by atoms with Crippen LogP contribution in [0.25, 0.3) is 10.9 Å². The quantitative estimate of drug-likeness (QED) is 0.653. The minimum Gasteiger partial charge on any atom is -0.385 e. The number of fused-ring (bicyclic) bond motifs is 1. The molecule has 0 radical (unpaired) electrons. The number of amides is 1. The second kappa shape index (κ2) is 7.77. The summed E-state index contributed by atoms with van der Waals surface area (Å²) in [5, 5.41) is 12.6. The lowest BCUT2D eigenvalue weighted by Gasteiger charge is -2.38. The molecule has 4 rings (SSSR count). The zero-order valence-corrected chi connectivity index (χ0v) is 17.5. The zero-order valence-electron chi connectivity index (χ0n) is 16.7. The van der Waals surface area contributed by atoms with Crippen LogP contribution in [0.4, 0.5) is 0 Å². The van der Waals surface area contributed by atoms with Crippen LogP contribution in [0.1, 0.15) is 54.2 Å². The molecule has 3 aromatic rings. The third-order valence-electron chi connectivity index (χ3n) is 5.82. The number of benzene rings is 2. The van der Waals surface area contributed by atoms with Crippen molar-refractivity contribution < 1.29 is 9.90 Å². The molecule has 4 nitrogen and oxygen atoms in total. The van der Waals surface area contributed by atoms with Gasteiger partial charge in [0, 0.05) is 29.2 Å². The highest BCUT2D eigenvalue weighted by Gasteiger charge is 2.36. The van der Waals surface area contributed by atoms with Crippen molar-refractivity contribution in [2.75, 3.05) is 13.1 Å². The predicted octanol–water partition coefficient (Wildman–Crippen LogP) is 5.14. The third-order valence-corrected chi connectivity index (χ3v) is 6.07. The van der Waals surface area contributed by atoms with Gasteiger partial charge in [-0.25, -0.2) is 0 Å². The van der Waals surface area contributed by atoms with E-state index in [4.69, 9.17) is 16.6 Å². The summed E-state index contributed by atoms with van der Waals surface area (Å²) >= 11 is 5.97. The van der Waals surface area contributed by atoms with Gasteiger partial charge in [-0.15, -0.1) is 0 Å². The molecule has 1 N–H and O–H groups in total. The summed E-state index contributed by atoms with van der Waals surface area (Å²) < 4.78 is 0. The summed E-state index contributed by atoms with van der Waals surface area (Å²) in [6, 6.07) is 17.0. The van der Waals surface area contributed by atoms with Crippen molar-refractivity contribution in [3.05, 3.63) is 76.4 Å². The third kappa shape index (κ3) is 3.87. The summed E-state index contributed by atoms with van der Waals surface area (Å²) in [6.45, 7) is 5.17. The molecule has 29 heavy (non-hydrogen) atoms. The van der Waals surface area contributed by atoms with Crippen LogP contribution in [0.3, 0.4) is 0 Å². The molecule has 1 amide bonds. The van der Waals surface area contributed by atoms with E-state index in [9.17, 15) is 9.90 Å². The van der Waals surface area contributed by atoms with Gasteiger partial charge in [-0.05, 0) is 48.6 Å². The number of halogens is 1. The Morgan fingerprint density at radius 2 is 1.76 bits per heavy atom. The second-order valence-corrected chi connectivity index (χ2v) is 8.53. The smallest absolute Gasteiger partial charge is 0.254 e. The Morgan fingerprint density at radius 3 is 2.41 bits per heavy atom. The number of hydrogen-bond acceptors (Lipinski definition) is 3. The van der Waals surface area contributed by atoms with Gasteiger partial charge >= 0.3 is 0 Å². The number of rotatable bonds is 3. The van der Waals surface area contributed by atoms with E-state index in [1.54, 1.807) is 12.1 Å². The van der Waals surface area contributed by atoms with E-state index >= 15 is 0 Å². The monoisotopic (exact) mass is 408 g/mol. The number of aliphatic hydroxyl groups is 1. The van der Waals surface area contributed by atoms with E-state index in [0.717, 1.165) is 22.2 Å². The van der Waals surface area contributed by atoms with Gasteiger partial charge in [0.15, 0.2) is 0 Å². The Balaban J connectivity index is 1.59. The highest BCUT2D eigenvalue weighted by molar-refractivity contribution is 6.30. The van der Waals surface area contributed by atoms with E-state index < -0.39 is 5.60 Å². The molecule has 1 aromatic heterocycles. The molecule has 2 heterocycles. The minimum atomic E-state index is -0.926. The molecule has 1 fully saturated rings. The number of para-hydroxylation sites is 1. The standard InChI is InChI=1S/C24H25ClN2O2/c1-16(2)22-15-20(19-5-3-4-6-21(19)26-22)23(28)27-13-11-24(29,12-14-27)17-7-9-18(25)10-8-17/h3-10,15-16,29H,11-14H2,1-2H3. The summed E-state index contributed by atoms with van der Waals surface area (Å²) in [6.07, 6.45) is 1.00. The largest absolute Gasteiger partial charge is 0.385 e. The Hall–Kier alpha value is -2.43. The van der Waals surface area contributed by atoms with Gasteiger partial charge in [-0.2, -0.15) is 0 Å². The van der Waals surface area contributed by atoms with Crippen LogP contribution in [0, 0.1) is 0 Å². The topological polar surface area (TPSA) is 53.4 Å². The molecule has 1 aliphatic heterocycles. The van der Waals surface area contributed by atoms with Gasteiger partial charge in [0.05, 0.1) is 16.7 Å². The Kier molecular flexibility index (Phi) is 5.32. The van der Waals surface area contributed by atoms with Crippen LogP contribution in [-0.2, 0) is 5.60 Å². The van der Waals surface area contributed by atoms with Crippen LogP contribution in [0.2, 0.25) is 5.02 Å². The molecule has 0 spiro atoms. The first-order valence-electron chi connectivity index (χ1n) is 10.0. The number of carbonyl (C=O) groups excluding carboxylic acids is 1. The second-order valence-electron chi connectivity index (χ2n) is 8.10. The highest BCUT2D eigenvalue weighted by Crippen LogP contribution is 2.34. The molecule has 0 bridgehead atoms. The van der Waals surface area contributed by atoms with Crippen LogP contribution in [-0.4, -0.2) is 34.0 Å². The summed E-state index contributed by atoms with van der Waals surface area (Å²) in [7, 11) is 0. The minimum absolute atomic E-state index is 0.00339. The van der Waals surface area contributed by atoms with Crippen molar-refractivity contribution >= 4 is 28.4 Å². The number of piperidine rings is 1. The Morgan fingerprint density at radius 1 is 1.10 bits per heavy atom. The average molecular weight is 409 g/mol. The van der Waals surface area contributed by atoms with E-state index in [1.807, 2.05) is 47.4 Å². The normalized spacial score (nSPS) is 16.4. The maximum absolute atomic E-state index is 13.4. The van der Waals surface area contributed by atoms with Crippen molar-refractivity contribution in [2.45, 2.75) is 38.2 Å². The number of aromatic nitrogens is 1. The molecule has 1 saturated heterocycles. The lowest BCUT2D eigenvalue weighted by atomic mass is 9.84. The Bertz CT molecular complexity index is 1040. The number of carbonyl (C=O) groups is 1. The van der Waals surface area contributed by atoms with E-state index in [0.29, 0.717) is 36.5 Å². The SMILES string of the molecule is CC(C)c1cc(C(=O)N2CCC(O)(c3ccc(Cl)cc3)CC2)c2ccccc2n1. The van der Waals surface area contributed by atoms with Crippen LogP contribution in [0.15, 0.2) is 54.6 Å². The molecule has 1 aliphatic rings. The lowest BCUT2D eigenvalue weighted by molar-refractivity contribution is -0.0211. The molecule has 0 saturated carbocycles. The fourth-order valence-corrected chi connectivity index (χ4v) is 4.09. The van der Waals surface area contributed by atoms with Gasteiger partial charge in [0.25, 0.3) is 5.91 Å². The average Bonchev–Trinajstić information content (AvgIpc) is 2.73. The number of nitrogens with zero attached hydrogens (tertiary/aromatic N) is 2. The number of pyridine rings is 1. The maximum Gasteiger partial charge on any atom is 0.254 e. The van der Waals surface area contributed by atoms with E-state index in [2.05, 4.69) is 13.8 Å². The van der Waals surface area contributed by atoms with Crippen molar-refractivity contribution in [1.82, 2.24) is 9.88 Å². The predicted molar refractivity (Wildman–Crippen MR) is 116 cm³/mol. The fraction of sp³-hybridized carbons (Fsp3) is 0.333. The molecule has 5 heteroatoms. The van der Waals surface area contributed by atoms with Crippen molar-refractivity contribution in [1.29, 1.82) is 0 Å². The summed E-state index contributed by atoms with van der Waals surface area (Å²) in [4.78, 5) is 19.9. The fourth-order valence-electron chi connectivity index (χ4n) is 3.97. The molecule has 2 aromatic carbocycles. The molecule has 150 valence electrons. The highest BCUT2D eigenvalue weighted by atomic mass is 35.5. The zero-order chi connectivity index (χ0) is 20.6. The van der Waals surface area contributed by atoms with Crippen LogP contribution < -0.4 is 0 Å². The van der Waals surface area contributed by atoms with Crippen molar-refractivity contribution in [2.24, 2.45) is 0 Å². The first-order valence-corrected chi connectivity index (χ1v) is 10.4. The summed E-state index contributed by atoms with van der Waals surface area (Å²) in [5.74, 6) is 0.242. The first kappa shape index (κ1) is 19.9. The van der Waals surface area contributed by atoms with E-state index in [1.165, 1.54) is 0 Å². The van der Waals surface area contributed by atoms with Gasteiger partial charge < -0.3 is 10.0 Å². The lowest BCUT2D eigenvalue weighted by Crippen LogP contribution is -2.45. The maximum atomic E-state index is 13.4. The Labute approximate surface area is 176 Å². The van der Waals surface area contributed by atoms with Crippen molar-refractivity contribution in [3.8, 4) is 0 Å². The van der Waals surface area contributed by atoms with Gasteiger partial charge in [-0.3, -0.25) is 9.78 Å². The molecular weight excluding hydrogens is 384 g/mol. The van der Waals surface area contributed by atoms with Crippen molar-refractivity contribution in [3.63, 3.8) is 0 Å². The molecule has 0 unspecified atom stereocenters. The summed E-state index contributed by atoms with van der Waals surface area (Å²) in [5.41, 5.74) is 2.38.